The van der Waals surface area contributed by atoms with Crippen molar-refractivity contribution in [3.63, 3.8) is 0 Å². The van der Waals surface area contributed by atoms with Crippen LogP contribution in [0.5, 0.6) is 5.75 Å². The van der Waals surface area contributed by atoms with Crippen molar-refractivity contribution < 1.29 is 13.9 Å². The van der Waals surface area contributed by atoms with Crippen molar-refractivity contribution in [1.29, 1.82) is 0 Å². The first-order chi connectivity index (χ1) is 19.5. The number of furan rings is 1. The highest BCUT2D eigenvalue weighted by atomic mass is 79.9. The number of hydrogen-bond acceptors (Lipinski definition) is 6. The molecule has 2 heterocycles. The molecule has 0 saturated heterocycles. The molecule has 0 atom stereocenters. The number of aromatic nitrogens is 2. The molecule has 0 bridgehead atoms. The molecule has 8 nitrogen and oxygen atoms in total. The van der Waals surface area contributed by atoms with Crippen molar-refractivity contribution in [1.82, 2.24) is 9.66 Å². The molecule has 0 radical (unpaired) electrons. The van der Waals surface area contributed by atoms with E-state index in [-0.39, 0.29) is 23.9 Å². The van der Waals surface area contributed by atoms with E-state index in [1.165, 1.54) is 4.68 Å². The summed E-state index contributed by atoms with van der Waals surface area (Å²) in [5, 5.41) is 8.57. The van der Waals surface area contributed by atoms with E-state index < -0.39 is 0 Å². The number of nitrogens with zero attached hydrogens (tertiary/aromatic N) is 3. The lowest BCUT2D eigenvalue weighted by Gasteiger charge is -2.08. The Kier molecular flexibility index (Phi) is 6.95. The van der Waals surface area contributed by atoms with Crippen LogP contribution in [-0.4, -0.2) is 28.4 Å². The number of benzene rings is 4. The van der Waals surface area contributed by atoms with Crippen LogP contribution >= 0.6 is 15.9 Å². The molecule has 6 aromatic rings. The molecular weight excluding hydrogens is 572 g/mol. The molecule has 0 spiro atoms. The van der Waals surface area contributed by atoms with Gasteiger partial charge in [-0.25, -0.2) is 4.98 Å². The fourth-order valence-electron chi connectivity index (χ4n) is 4.16. The van der Waals surface area contributed by atoms with Crippen LogP contribution in [0.1, 0.15) is 5.56 Å². The largest absolute Gasteiger partial charge is 0.484 e. The number of anilines is 1. The number of rotatable bonds is 7. The monoisotopic (exact) mass is 592 g/mol. The number of fused-ring (bicyclic) bond motifs is 2. The third kappa shape index (κ3) is 5.41. The molecule has 0 unspecified atom stereocenters. The SMILES string of the molecule is O=C(COc1ccc(C=Nn2c(-c3cc4cc(Br)ccc4o3)nc3ccccc3c2=O)cc1)Nc1ccccc1. The van der Waals surface area contributed by atoms with Crippen LogP contribution < -0.4 is 15.6 Å². The maximum atomic E-state index is 13.4. The Morgan fingerprint density at radius 3 is 2.58 bits per heavy atom. The standard InChI is InChI=1S/C31H21BrN4O4/c32-22-12-15-27-21(16-22)17-28(40-27)30-35-26-9-5-4-8-25(26)31(38)36(30)33-18-20-10-13-24(14-11-20)39-19-29(37)34-23-6-2-1-3-7-23/h1-18H,19H2,(H,34,37). The Bertz CT molecular complexity index is 1930. The minimum atomic E-state index is -0.317. The van der Waals surface area contributed by atoms with E-state index in [9.17, 15) is 9.59 Å². The number of amides is 1. The Balaban J connectivity index is 1.26. The van der Waals surface area contributed by atoms with Crippen LogP contribution in [0.2, 0.25) is 0 Å². The zero-order chi connectivity index (χ0) is 27.5. The molecule has 9 heteroatoms. The predicted molar refractivity (Wildman–Crippen MR) is 159 cm³/mol. The molecule has 0 aliphatic heterocycles. The van der Waals surface area contributed by atoms with E-state index in [1.807, 2.05) is 48.5 Å². The highest BCUT2D eigenvalue weighted by Gasteiger charge is 2.16. The molecule has 0 aliphatic carbocycles. The number of hydrogen-bond donors (Lipinski definition) is 1. The molecule has 4 aromatic carbocycles. The van der Waals surface area contributed by atoms with Crippen molar-refractivity contribution in [2.45, 2.75) is 0 Å². The number of nitrogens with one attached hydrogen (secondary N) is 1. The second kappa shape index (κ2) is 11.0. The van der Waals surface area contributed by atoms with Crippen LogP contribution in [-0.2, 0) is 4.79 Å². The van der Waals surface area contributed by atoms with Gasteiger partial charge in [0.05, 0.1) is 17.1 Å². The van der Waals surface area contributed by atoms with Gasteiger partial charge in [-0.2, -0.15) is 9.78 Å². The summed E-state index contributed by atoms with van der Waals surface area (Å²) in [6, 6.07) is 30.8. The summed E-state index contributed by atoms with van der Waals surface area (Å²) < 4.78 is 13.8. The molecule has 1 N–H and O–H groups in total. The van der Waals surface area contributed by atoms with Crippen molar-refractivity contribution >= 4 is 55.6 Å². The summed E-state index contributed by atoms with van der Waals surface area (Å²) in [4.78, 5) is 30.3. The quantitative estimate of drug-likeness (QED) is 0.214. The second-order valence-electron chi connectivity index (χ2n) is 8.88. The van der Waals surface area contributed by atoms with Gasteiger partial charge in [-0.3, -0.25) is 9.59 Å². The molecule has 1 amide bonds. The van der Waals surface area contributed by atoms with E-state index in [0.29, 0.717) is 33.7 Å². The van der Waals surface area contributed by atoms with Gasteiger partial charge in [-0.05, 0) is 78.4 Å². The summed E-state index contributed by atoms with van der Waals surface area (Å²) >= 11 is 3.48. The van der Waals surface area contributed by atoms with Gasteiger partial charge in [0, 0.05) is 15.5 Å². The Labute approximate surface area is 236 Å². The number of carbonyl (C=O) groups excluding carboxylic acids is 1. The number of ether oxygens (including phenoxy) is 1. The normalized spacial score (nSPS) is 11.3. The first kappa shape index (κ1) is 25.3. The second-order valence-corrected chi connectivity index (χ2v) is 9.79. The van der Waals surface area contributed by atoms with Gasteiger partial charge in [0.25, 0.3) is 11.5 Å². The molecule has 0 saturated carbocycles. The number of carbonyl (C=O) groups is 1. The molecule has 40 heavy (non-hydrogen) atoms. The van der Waals surface area contributed by atoms with E-state index in [4.69, 9.17) is 14.1 Å². The maximum absolute atomic E-state index is 13.4. The smallest absolute Gasteiger partial charge is 0.282 e. The first-order valence-electron chi connectivity index (χ1n) is 12.4. The van der Waals surface area contributed by atoms with Crippen molar-refractivity contribution in [2.75, 3.05) is 11.9 Å². The van der Waals surface area contributed by atoms with E-state index in [1.54, 1.807) is 60.8 Å². The molecule has 0 fully saturated rings. The van der Waals surface area contributed by atoms with Gasteiger partial charge >= 0.3 is 0 Å². The Morgan fingerprint density at radius 1 is 0.975 bits per heavy atom. The van der Waals surface area contributed by atoms with Crippen LogP contribution in [0.3, 0.4) is 0 Å². The minimum Gasteiger partial charge on any atom is -0.484 e. The molecule has 0 aliphatic rings. The topological polar surface area (TPSA) is 98.7 Å². The van der Waals surface area contributed by atoms with Gasteiger partial charge in [0.2, 0.25) is 5.82 Å². The van der Waals surface area contributed by atoms with Gasteiger partial charge in [-0.1, -0.05) is 46.3 Å². The van der Waals surface area contributed by atoms with Crippen LogP contribution in [0.4, 0.5) is 5.69 Å². The van der Waals surface area contributed by atoms with E-state index >= 15 is 0 Å². The Morgan fingerprint density at radius 2 is 1.75 bits per heavy atom. The lowest BCUT2D eigenvalue weighted by molar-refractivity contribution is -0.118. The lowest BCUT2D eigenvalue weighted by Crippen LogP contribution is -2.20. The first-order valence-corrected chi connectivity index (χ1v) is 13.2. The van der Waals surface area contributed by atoms with Crippen molar-refractivity contribution in [3.05, 3.63) is 124 Å². The summed E-state index contributed by atoms with van der Waals surface area (Å²) in [5.41, 5.74) is 2.33. The van der Waals surface area contributed by atoms with Crippen LogP contribution in [0.15, 0.2) is 122 Å². The number of halogens is 1. The third-order valence-electron chi connectivity index (χ3n) is 6.08. The average Bonchev–Trinajstić information content (AvgIpc) is 3.40. The number of para-hydroxylation sites is 2. The zero-order valence-corrected chi connectivity index (χ0v) is 22.5. The summed E-state index contributed by atoms with van der Waals surface area (Å²) in [7, 11) is 0. The maximum Gasteiger partial charge on any atom is 0.282 e. The van der Waals surface area contributed by atoms with Gasteiger partial charge in [-0.15, -0.1) is 0 Å². The van der Waals surface area contributed by atoms with E-state index in [0.717, 1.165) is 15.4 Å². The van der Waals surface area contributed by atoms with Gasteiger partial charge in [0.1, 0.15) is 11.3 Å². The molecule has 6 rings (SSSR count). The molecule has 2 aromatic heterocycles. The highest BCUT2D eigenvalue weighted by molar-refractivity contribution is 9.10. The third-order valence-corrected chi connectivity index (χ3v) is 6.58. The van der Waals surface area contributed by atoms with Gasteiger partial charge < -0.3 is 14.5 Å². The average molecular weight is 593 g/mol. The van der Waals surface area contributed by atoms with Crippen molar-refractivity contribution in [2.24, 2.45) is 5.10 Å². The minimum absolute atomic E-state index is 0.127. The summed E-state index contributed by atoms with van der Waals surface area (Å²) in [5.74, 6) is 0.979. The predicted octanol–water partition coefficient (Wildman–Crippen LogP) is 6.47. The summed E-state index contributed by atoms with van der Waals surface area (Å²) in [6.07, 6.45) is 1.56. The molecular formula is C31H21BrN4O4. The van der Waals surface area contributed by atoms with Crippen LogP contribution in [0, 0.1) is 0 Å². The molecule has 196 valence electrons. The fourth-order valence-corrected chi connectivity index (χ4v) is 4.54. The fraction of sp³-hybridized carbons (Fsp3) is 0.0323. The summed E-state index contributed by atoms with van der Waals surface area (Å²) in [6.45, 7) is -0.127. The zero-order valence-electron chi connectivity index (χ0n) is 21.0. The Hall–Kier alpha value is -5.02. The van der Waals surface area contributed by atoms with Crippen molar-refractivity contribution in [3.8, 4) is 17.3 Å². The van der Waals surface area contributed by atoms with E-state index in [2.05, 4.69) is 26.3 Å². The van der Waals surface area contributed by atoms with Crippen LogP contribution in [0.25, 0.3) is 33.5 Å². The highest BCUT2D eigenvalue weighted by Crippen LogP contribution is 2.29. The van der Waals surface area contributed by atoms with Gasteiger partial charge in [0.15, 0.2) is 12.4 Å². The lowest BCUT2D eigenvalue weighted by atomic mass is 10.2.